The summed E-state index contributed by atoms with van der Waals surface area (Å²) in [5.41, 5.74) is 1.97. The van der Waals surface area contributed by atoms with E-state index in [9.17, 15) is 14.7 Å². The van der Waals surface area contributed by atoms with Gasteiger partial charge >= 0.3 is 6.09 Å². The molecule has 30 heavy (non-hydrogen) atoms. The van der Waals surface area contributed by atoms with Crippen molar-refractivity contribution in [3.63, 3.8) is 0 Å². The Morgan fingerprint density at radius 2 is 1.87 bits per heavy atom. The molecule has 0 unspecified atom stereocenters. The minimum atomic E-state index is -0.950. The van der Waals surface area contributed by atoms with E-state index in [2.05, 4.69) is 9.99 Å². The average molecular weight is 410 g/mol. The van der Waals surface area contributed by atoms with Gasteiger partial charge in [-0.15, -0.1) is 0 Å². The fourth-order valence-electron chi connectivity index (χ4n) is 4.09. The number of carbonyl (C=O) groups is 2. The highest BCUT2D eigenvalue weighted by Crippen LogP contribution is 2.33. The smallest absolute Gasteiger partial charge is 0.411 e. The second kappa shape index (κ2) is 8.71. The number of fused-ring (bicyclic) bond motifs is 1. The Morgan fingerprint density at radius 3 is 2.60 bits per heavy atom. The highest BCUT2D eigenvalue weighted by Gasteiger charge is 2.25. The summed E-state index contributed by atoms with van der Waals surface area (Å²) in [6.45, 7) is 4.79. The van der Waals surface area contributed by atoms with E-state index in [4.69, 9.17) is 4.74 Å². The summed E-state index contributed by atoms with van der Waals surface area (Å²) in [4.78, 5) is 29.9. The quantitative estimate of drug-likeness (QED) is 0.807. The minimum Gasteiger partial charge on any atom is -0.465 e. The van der Waals surface area contributed by atoms with Crippen LogP contribution in [0.1, 0.15) is 42.2 Å². The van der Waals surface area contributed by atoms with Crippen molar-refractivity contribution in [1.82, 2.24) is 15.0 Å². The number of ether oxygens (including phenoxy) is 1. The van der Waals surface area contributed by atoms with Gasteiger partial charge < -0.3 is 9.84 Å². The summed E-state index contributed by atoms with van der Waals surface area (Å²) in [5.74, 6) is 1.00. The van der Waals surface area contributed by atoms with Crippen molar-refractivity contribution in [3.05, 3.63) is 47.8 Å². The van der Waals surface area contributed by atoms with E-state index in [0.29, 0.717) is 42.4 Å². The molecule has 8 heteroatoms. The minimum absolute atomic E-state index is 0.129. The van der Waals surface area contributed by atoms with E-state index < -0.39 is 6.09 Å². The lowest BCUT2D eigenvalue weighted by Gasteiger charge is -2.36. The van der Waals surface area contributed by atoms with Crippen LogP contribution in [-0.2, 0) is 6.42 Å². The first-order valence-electron chi connectivity index (χ1n) is 10.4. The summed E-state index contributed by atoms with van der Waals surface area (Å²) in [7, 11) is 0. The number of anilines is 1. The van der Waals surface area contributed by atoms with Gasteiger partial charge in [0.2, 0.25) is 0 Å². The number of hydrazine groups is 1. The second-order valence-electron chi connectivity index (χ2n) is 7.49. The Bertz CT molecular complexity index is 942. The van der Waals surface area contributed by atoms with Gasteiger partial charge in [0.25, 0.3) is 5.91 Å². The molecule has 1 aromatic heterocycles. The monoisotopic (exact) mass is 410 g/mol. The van der Waals surface area contributed by atoms with Gasteiger partial charge in [0.1, 0.15) is 17.2 Å². The zero-order chi connectivity index (χ0) is 21.1. The molecule has 8 nitrogen and oxygen atoms in total. The van der Waals surface area contributed by atoms with Crippen LogP contribution in [0.5, 0.6) is 11.5 Å². The first-order chi connectivity index (χ1) is 14.6. The molecule has 2 aromatic rings. The average Bonchev–Trinajstić information content (AvgIpc) is 3.19. The molecule has 0 atom stereocenters. The first kappa shape index (κ1) is 20.2. The molecule has 158 valence electrons. The third kappa shape index (κ3) is 4.09. The van der Waals surface area contributed by atoms with E-state index in [1.54, 1.807) is 35.5 Å². The highest BCUT2D eigenvalue weighted by molar-refractivity contribution is 5.92. The molecule has 3 heterocycles. The fraction of sp³-hybridized carbons (Fsp3) is 0.409. The second-order valence-corrected chi connectivity index (χ2v) is 7.49. The number of hydrogen-bond donors (Lipinski definition) is 1. The third-order valence-electron chi connectivity index (χ3n) is 5.57. The topological polar surface area (TPSA) is 86.2 Å². The number of nitrogens with zero attached hydrogens (tertiary/aromatic N) is 4. The van der Waals surface area contributed by atoms with Crippen molar-refractivity contribution >= 4 is 17.7 Å². The van der Waals surface area contributed by atoms with Crippen molar-refractivity contribution in [1.29, 1.82) is 0 Å². The lowest BCUT2D eigenvalue weighted by molar-refractivity contribution is -0.0186. The first-order valence-corrected chi connectivity index (χ1v) is 10.4. The largest absolute Gasteiger partial charge is 0.465 e. The molecule has 1 N–H and O–H groups in total. The van der Waals surface area contributed by atoms with Gasteiger partial charge in [-0.2, -0.15) is 0 Å². The van der Waals surface area contributed by atoms with Crippen LogP contribution in [0.2, 0.25) is 0 Å². The maximum atomic E-state index is 13.0. The Hall–Kier alpha value is -3.13. The number of amides is 2. The molecule has 1 fully saturated rings. The molecule has 0 radical (unpaired) electrons. The molecule has 2 amide bonds. The summed E-state index contributed by atoms with van der Waals surface area (Å²) in [6.07, 6.45) is 4.67. The predicted molar refractivity (Wildman–Crippen MR) is 112 cm³/mol. The Kier molecular flexibility index (Phi) is 5.85. The van der Waals surface area contributed by atoms with E-state index in [1.807, 2.05) is 13.0 Å². The van der Waals surface area contributed by atoms with Crippen LogP contribution in [0.3, 0.4) is 0 Å². The molecule has 0 spiro atoms. The Labute approximate surface area is 175 Å². The van der Waals surface area contributed by atoms with Gasteiger partial charge in [-0.3, -0.25) is 19.7 Å². The predicted octanol–water partition coefficient (Wildman–Crippen LogP) is 3.78. The molecular formula is C22H26N4O4. The molecule has 0 bridgehead atoms. The van der Waals surface area contributed by atoms with Crippen molar-refractivity contribution in [2.24, 2.45) is 0 Å². The summed E-state index contributed by atoms with van der Waals surface area (Å²) in [5, 5.41) is 13.1. The summed E-state index contributed by atoms with van der Waals surface area (Å²) < 4.78 is 5.96. The molecule has 2 aliphatic rings. The van der Waals surface area contributed by atoms with Crippen LogP contribution in [0.15, 0.2) is 36.5 Å². The fourth-order valence-corrected chi connectivity index (χ4v) is 4.09. The van der Waals surface area contributed by atoms with Crippen LogP contribution in [0, 0.1) is 0 Å². The molecule has 0 aliphatic carbocycles. The van der Waals surface area contributed by atoms with Crippen LogP contribution in [0.25, 0.3) is 0 Å². The molecule has 4 rings (SSSR count). The highest BCUT2D eigenvalue weighted by atomic mass is 16.5. The van der Waals surface area contributed by atoms with Crippen molar-refractivity contribution < 1.29 is 19.4 Å². The molecular weight excluding hydrogens is 384 g/mol. The van der Waals surface area contributed by atoms with Gasteiger partial charge in [0, 0.05) is 38.4 Å². The Morgan fingerprint density at radius 1 is 1.10 bits per heavy atom. The van der Waals surface area contributed by atoms with E-state index in [1.165, 1.54) is 11.3 Å². The van der Waals surface area contributed by atoms with Gasteiger partial charge in [0.15, 0.2) is 0 Å². The molecule has 1 saturated heterocycles. The Balaban J connectivity index is 1.50. The number of carbonyl (C=O) groups excluding carboxylic acids is 1. The lowest BCUT2D eigenvalue weighted by Crippen LogP contribution is -2.48. The van der Waals surface area contributed by atoms with Gasteiger partial charge in [-0.25, -0.2) is 9.80 Å². The van der Waals surface area contributed by atoms with Crippen LogP contribution >= 0.6 is 0 Å². The van der Waals surface area contributed by atoms with E-state index >= 15 is 0 Å². The maximum absolute atomic E-state index is 13.0. The van der Waals surface area contributed by atoms with Crippen LogP contribution in [-0.4, -0.2) is 58.3 Å². The number of aromatic nitrogens is 1. The van der Waals surface area contributed by atoms with Crippen molar-refractivity contribution in [2.75, 3.05) is 31.1 Å². The normalized spacial score (nSPS) is 16.2. The standard InChI is InChI=1S/C22H26N4O4/c1-2-26(24-11-4-3-5-12-24)21(27)19-15-18(8-10-23-19)30-17-6-7-20-16(14-17)9-13-25(20)22(28)29/h6-8,10,14-15H,2-5,9,11-13H2,1H3,(H,28,29). The summed E-state index contributed by atoms with van der Waals surface area (Å²) in [6, 6.07) is 8.73. The van der Waals surface area contributed by atoms with Gasteiger partial charge in [-0.1, -0.05) is 6.42 Å². The van der Waals surface area contributed by atoms with Gasteiger partial charge in [0.05, 0.1) is 5.69 Å². The summed E-state index contributed by atoms with van der Waals surface area (Å²) >= 11 is 0. The van der Waals surface area contributed by atoms with Crippen molar-refractivity contribution in [3.8, 4) is 11.5 Å². The lowest BCUT2D eigenvalue weighted by atomic mass is 10.1. The number of carboxylic acid groups (broad SMARTS) is 1. The number of hydrogen-bond acceptors (Lipinski definition) is 5. The SMILES string of the molecule is CCN(C(=O)c1cc(Oc2ccc3c(c2)CCN3C(=O)O)ccn1)N1CCCCC1. The molecule has 2 aliphatic heterocycles. The number of piperidine rings is 1. The number of benzene rings is 1. The zero-order valence-electron chi connectivity index (χ0n) is 17.1. The van der Waals surface area contributed by atoms with Crippen molar-refractivity contribution in [2.45, 2.75) is 32.6 Å². The van der Waals surface area contributed by atoms with E-state index in [-0.39, 0.29) is 5.91 Å². The number of pyridine rings is 1. The number of rotatable bonds is 5. The van der Waals surface area contributed by atoms with E-state index in [0.717, 1.165) is 31.5 Å². The zero-order valence-corrected chi connectivity index (χ0v) is 17.1. The molecule has 1 aromatic carbocycles. The van der Waals surface area contributed by atoms with Crippen LogP contribution in [0.4, 0.5) is 10.5 Å². The van der Waals surface area contributed by atoms with Gasteiger partial charge in [-0.05, 0) is 56.0 Å². The third-order valence-corrected chi connectivity index (χ3v) is 5.57. The van der Waals surface area contributed by atoms with Crippen LogP contribution < -0.4 is 9.64 Å². The maximum Gasteiger partial charge on any atom is 0.411 e. The molecule has 0 saturated carbocycles.